The summed E-state index contributed by atoms with van der Waals surface area (Å²) < 4.78 is 5.36. The molecular formula is C9H7Cl2NO. The fourth-order valence-corrected chi connectivity index (χ4v) is 1.79. The molecule has 1 aromatic heterocycles. The van der Waals surface area contributed by atoms with Crippen LogP contribution in [0.5, 0.6) is 0 Å². The Bertz CT molecular complexity index is 476. The van der Waals surface area contributed by atoms with E-state index in [0.29, 0.717) is 21.3 Å². The van der Waals surface area contributed by atoms with Gasteiger partial charge in [0.25, 0.3) is 0 Å². The molecular weight excluding hydrogens is 209 g/mol. The van der Waals surface area contributed by atoms with Gasteiger partial charge in [-0.05, 0) is 19.1 Å². The van der Waals surface area contributed by atoms with Crippen LogP contribution in [-0.2, 0) is 0 Å². The summed E-state index contributed by atoms with van der Waals surface area (Å²) in [6.45, 7) is 1.84. The molecule has 0 aliphatic carbocycles. The number of benzene rings is 1. The van der Waals surface area contributed by atoms with Gasteiger partial charge in [-0.2, -0.15) is 0 Å². The summed E-state index contributed by atoms with van der Waals surface area (Å²) in [7, 11) is 0. The van der Waals surface area contributed by atoms with Crippen molar-refractivity contribution in [2.24, 2.45) is 0 Å². The topological polar surface area (TPSA) is 39.2 Å². The average molecular weight is 216 g/mol. The van der Waals surface area contributed by atoms with Crippen molar-refractivity contribution in [2.75, 3.05) is 5.73 Å². The fourth-order valence-electron chi connectivity index (χ4n) is 1.27. The zero-order chi connectivity index (χ0) is 9.59. The highest BCUT2D eigenvalue weighted by atomic mass is 35.5. The molecule has 13 heavy (non-hydrogen) atoms. The summed E-state index contributed by atoms with van der Waals surface area (Å²) >= 11 is 11.8. The Morgan fingerprint density at radius 3 is 2.62 bits per heavy atom. The second-order valence-electron chi connectivity index (χ2n) is 2.85. The molecule has 0 aliphatic rings. The fraction of sp³-hybridized carbons (Fsp3) is 0.111. The van der Waals surface area contributed by atoms with Gasteiger partial charge in [0.15, 0.2) is 5.58 Å². The first-order valence-corrected chi connectivity index (χ1v) is 4.49. The first kappa shape index (κ1) is 8.73. The number of rotatable bonds is 0. The summed E-state index contributed by atoms with van der Waals surface area (Å²) in [5.74, 6) is 0.769. The van der Waals surface area contributed by atoms with Gasteiger partial charge in [-0.1, -0.05) is 23.2 Å². The minimum absolute atomic E-state index is 0.457. The van der Waals surface area contributed by atoms with Crippen LogP contribution >= 0.6 is 23.2 Å². The number of fused-ring (bicyclic) bond motifs is 1. The van der Waals surface area contributed by atoms with Gasteiger partial charge < -0.3 is 10.2 Å². The summed E-state index contributed by atoms with van der Waals surface area (Å²) in [5, 5.41) is 1.72. The van der Waals surface area contributed by atoms with E-state index in [1.165, 1.54) is 0 Å². The number of hydrogen-bond acceptors (Lipinski definition) is 2. The average Bonchev–Trinajstić information content (AvgIpc) is 2.44. The van der Waals surface area contributed by atoms with Crippen LogP contribution in [0.15, 0.2) is 16.5 Å². The number of nitrogens with two attached hydrogens (primary N) is 1. The summed E-state index contributed by atoms with van der Waals surface area (Å²) in [5.41, 5.74) is 6.86. The molecule has 0 fully saturated rings. The molecule has 2 nitrogen and oxygen atoms in total. The lowest BCUT2D eigenvalue weighted by molar-refractivity contribution is 0.579. The van der Waals surface area contributed by atoms with Crippen molar-refractivity contribution in [1.29, 1.82) is 0 Å². The monoisotopic (exact) mass is 215 g/mol. The van der Waals surface area contributed by atoms with Crippen LogP contribution in [0.2, 0.25) is 10.0 Å². The normalized spacial score (nSPS) is 11.0. The highest BCUT2D eigenvalue weighted by molar-refractivity contribution is 6.40. The van der Waals surface area contributed by atoms with Crippen LogP contribution in [0.4, 0.5) is 5.69 Å². The third kappa shape index (κ3) is 1.26. The second kappa shape index (κ2) is 2.82. The zero-order valence-corrected chi connectivity index (χ0v) is 8.41. The highest BCUT2D eigenvalue weighted by Gasteiger charge is 2.11. The van der Waals surface area contributed by atoms with E-state index in [4.69, 9.17) is 33.4 Å². The number of hydrogen-bond donors (Lipinski definition) is 1. The quantitative estimate of drug-likeness (QED) is 0.683. The van der Waals surface area contributed by atoms with Crippen molar-refractivity contribution in [3.05, 3.63) is 27.9 Å². The SMILES string of the molecule is Cc1cc2c(N)c(Cl)cc(Cl)c2o1. The van der Waals surface area contributed by atoms with E-state index >= 15 is 0 Å². The Balaban J connectivity index is 2.95. The largest absolute Gasteiger partial charge is 0.460 e. The highest BCUT2D eigenvalue weighted by Crippen LogP contribution is 2.36. The molecule has 0 atom stereocenters. The van der Waals surface area contributed by atoms with E-state index < -0.39 is 0 Å². The smallest absolute Gasteiger partial charge is 0.155 e. The Labute approximate surface area is 85.2 Å². The van der Waals surface area contributed by atoms with E-state index in [2.05, 4.69) is 0 Å². The predicted molar refractivity (Wildman–Crippen MR) is 55.4 cm³/mol. The van der Waals surface area contributed by atoms with Crippen LogP contribution < -0.4 is 5.73 Å². The number of nitrogen functional groups attached to an aromatic ring is 1. The summed E-state index contributed by atoms with van der Waals surface area (Å²) in [4.78, 5) is 0. The van der Waals surface area contributed by atoms with Crippen LogP contribution in [0.25, 0.3) is 11.0 Å². The van der Waals surface area contributed by atoms with Crippen molar-refractivity contribution in [1.82, 2.24) is 0 Å². The minimum Gasteiger partial charge on any atom is -0.460 e. The lowest BCUT2D eigenvalue weighted by atomic mass is 10.2. The summed E-state index contributed by atoms with van der Waals surface area (Å²) in [6.07, 6.45) is 0. The van der Waals surface area contributed by atoms with E-state index in [9.17, 15) is 0 Å². The molecule has 2 N–H and O–H groups in total. The lowest BCUT2D eigenvalue weighted by Gasteiger charge is -1.99. The van der Waals surface area contributed by atoms with E-state index in [-0.39, 0.29) is 0 Å². The zero-order valence-electron chi connectivity index (χ0n) is 6.90. The molecule has 1 heterocycles. The van der Waals surface area contributed by atoms with Crippen molar-refractivity contribution >= 4 is 39.9 Å². The molecule has 2 rings (SSSR count). The van der Waals surface area contributed by atoms with Crippen LogP contribution in [0.1, 0.15) is 5.76 Å². The molecule has 0 aliphatic heterocycles. The second-order valence-corrected chi connectivity index (χ2v) is 3.67. The van der Waals surface area contributed by atoms with Crippen molar-refractivity contribution < 1.29 is 4.42 Å². The number of halogens is 2. The Kier molecular flexibility index (Phi) is 1.90. The van der Waals surface area contributed by atoms with Gasteiger partial charge in [-0.3, -0.25) is 0 Å². The standard InChI is InChI=1S/C9H7Cl2NO/c1-4-2-5-8(12)6(10)3-7(11)9(5)13-4/h2-3H,12H2,1H3. The van der Waals surface area contributed by atoms with Gasteiger partial charge in [0.2, 0.25) is 0 Å². The predicted octanol–water partition coefficient (Wildman–Crippen LogP) is 3.63. The molecule has 4 heteroatoms. The third-order valence-electron chi connectivity index (χ3n) is 1.87. The first-order valence-electron chi connectivity index (χ1n) is 3.73. The van der Waals surface area contributed by atoms with E-state index in [1.807, 2.05) is 13.0 Å². The maximum absolute atomic E-state index is 5.91. The van der Waals surface area contributed by atoms with Crippen LogP contribution in [-0.4, -0.2) is 0 Å². The lowest BCUT2D eigenvalue weighted by Crippen LogP contribution is -1.86. The molecule has 1 aromatic carbocycles. The Morgan fingerprint density at radius 1 is 1.23 bits per heavy atom. The van der Waals surface area contributed by atoms with Crippen molar-refractivity contribution in [3.63, 3.8) is 0 Å². The summed E-state index contributed by atoms with van der Waals surface area (Å²) in [6, 6.07) is 3.41. The van der Waals surface area contributed by atoms with Gasteiger partial charge in [0.05, 0.1) is 15.7 Å². The van der Waals surface area contributed by atoms with Crippen LogP contribution in [0.3, 0.4) is 0 Å². The van der Waals surface area contributed by atoms with Gasteiger partial charge in [0.1, 0.15) is 5.76 Å². The molecule has 0 saturated heterocycles. The van der Waals surface area contributed by atoms with Gasteiger partial charge in [-0.15, -0.1) is 0 Å². The van der Waals surface area contributed by atoms with Crippen molar-refractivity contribution in [2.45, 2.75) is 6.92 Å². The maximum atomic E-state index is 5.91. The van der Waals surface area contributed by atoms with E-state index in [1.54, 1.807) is 6.07 Å². The van der Waals surface area contributed by atoms with Gasteiger partial charge >= 0.3 is 0 Å². The molecule has 2 aromatic rings. The van der Waals surface area contributed by atoms with Crippen LogP contribution in [0, 0.1) is 6.92 Å². The van der Waals surface area contributed by atoms with Gasteiger partial charge in [-0.25, -0.2) is 0 Å². The first-order chi connectivity index (χ1) is 6.09. The maximum Gasteiger partial charge on any atom is 0.155 e. The Hall–Kier alpha value is -0.860. The molecule has 0 saturated carbocycles. The minimum atomic E-state index is 0.457. The number of furan rings is 1. The molecule has 0 unspecified atom stereocenters. The van der Waals surface area contributed by atoms with E-state index in [0.717, 1.165) is 11.1 Å². The number of anilines is 1. The van der Waals surface area contributed by atoms with Gasteiger partial charge in [0, 0.05) is 5.39 Å². The molecule has 68 valence electrons. The molecule has 0 spiro atoms. The van der Waals surface area contributed by atoms with Crippen molar-refractivity contribution in [3.8, 4) is 0 Å². The Morgan fingerprint density at radius 2 is 1.92 bits per heavy atom. The number of aryl methyl sites for hydroxylation is 1. The molecule has 0 radical (unpaired) electrons. The third-order valence-corrected chi connectivity index (χ3v) is 2.47. The molecule has 0 amide bonds. The molecule has 0 bridgehead atoms.